The number of para-hydroxylation sites is 1. The van der Waals surface area contributed by atoms with Crippen molar-refractivity contribution >= 4 is 11.3 Å². The molecule has 0 amide bonds. The molecule has 154 valence electrons. The summed E-state index contributed by atoms with van der Waals surface area (Å²) in [6.07, 6.45) is 4.20. The smallest absolute Gasteiger partial charge is 0.150 e. The molecule has 0 aliphatic heterocycles. The molecule has 0 aliphatic rings. The standard InChI is InChI=1S/C23H24N4O3/c1-3-15(14-28)23-26-20(21-22(24)25-11-12-27(21)23)18-10-9-17(13-19(18)29-2)30-16-7-5-4-6-8-16/h4-13,15,28H,3,14H2,1-2H3,(H2,24,25). The number of aliphatic hydroxyl groups excluding tert-OH is 1. The molecule has 0 aliphatic carbocycles. The number of aromatic nitrogens is 3. The average Bonchev–Trinajstić information content (AvgIpc) is 3.16. The Labute approximate surface area is 174 Å². The molecule has 4 aromatic rings. The maximum Gasteiger partial charge on any atom is 0.150 e. The predicted molar refractivity (Wildman–Crippen MR) is 116 cm³/mol. The number of imidazole rings is 1. The number of methoxy groups -OCH3 is 1. The molecule has 1 atom stereocenters. The van der Waals surface area contributed by atoms with E-state index < -0.39 is 0 Å². The van der Waals surface area contributed by atoms with E-state index in [1.165, 1.54) is 0 Å². The summed E-state index contributed by atoms with van der Waals surface area (Å²) < 4.78 is 13.5. The van der Waals surface area contributed by atoms with Gasteiger partial charge in [0, 0.05) is 29.9 Å². The maximum absolute atomic E-state index is 9.82. The van der Waals surface area contributed by atoms with Crippen LogP contribution in [-0.2, 0) is 0 Å². The molecule has 0 spiro atoms. The molecule has 4 rings (SSSR count). The van der Waals surface area contributed by atoms with Crippen molar-refractivity contribution < 1.29 is 14.6 Å². The molecule has 1 unspecified atom stereocenters. The van der Waals surface area contributed by atoms with Gasteiger partial charge in [-0.15, -0.1) is 0 Å². The average molecular weight is 404 g/mol. The van der Waals surface area contributed by atoms with Crippen LogP contribution in [0.2, 0.25) is 0 Å². The normalized spacial score (nSPS) is 12.1. The first-order valence-electron chi connectivity index (χ1n) is 9.80. The third-order valence-electron chi connectivity index (χ3n) is 5.10. The first-order valence-corrected chi connectivity index (χ1v) is 9.80. The molecule has 2 aromatic carbocycles. The van der Waals surface area contributed by atoms with Crippen molar-refractivity contribution in [2.24, 2.45) is 0 Å². The number of nitrogen functional groups attached to an aromatic ring is 1. The molecule has 0 saturated heterocycles. The Morgan fingerprint density at radius 1 is 1.13 bits per heavy atom. The van der Waals surface area contributed by atoms with E-state index in [-0.39, 0.29) is 12.5 Å². The van der Waals surface area contributed by atoms with Crippen LogP contribution in [0.1, 0.15) is 25.1 Å². The Hall–Kier alpha value is -3.58. The summed E-state index contributed by atoms with van der Waals surface area (Å²) >= 11 is 0. The van der Waals surface area contributed by atoms with Gasteiger partial charge in [0.05, 0.1) is 13.7 Å². The molecule has 7 nitrogen and oxygen atoms in total. The first-order chi connectivity index (χ1) is 14.7. The van der Waals surface area contributed by atoms with Crippen LogP contribution < -0.4 is 15.2 Å². The molecule has 0 bridgehead atoms. The lowest BCUT2D eigenvalue weighted by Gasteiger charge is -2.11. The zero-order valence-electron chi connectivity index (χ0n) is 16.9. The van der Waals surface area contributed by atoms with Gasteiger partial charge in [0.15, 0.2) is 0 Å². The SMILES string of the molecule is CCC(CO)c1nc(-c2ccc(Oc3ccccc3)cc2OC)c2c(N)nccn12. The Morgan fingerprint density at radius 3 is 2.63 bits per heavy atom. The summed E-state index contributed by atoms with van der Waals surface area (Å²) in [5.41, 5.74) is 8.33. The van der Waals surface area contributed by atoms with Crippen LogP contribution in [0.5, 0.6) is 17.2 Å². The topological polar surface area (TPSA) is 94.9 Å². The van der Waals surface area contributed by atoms with Crippen LogP contribution >= 0.6 is 0 Å². The van der Waals surface area contributed by atoms with Gasteiger partial charge in [-0.3, -0.25) is 4.40 Å². The zero-order valence-corrected chi connectivity index (χ0v) is 16.9. The Morgan fingerprint density at radius 2 is 1.93 bits per heavy atom. The fourth-order valence-corrected chi connectivity index (χ4v) is 3.51. The molecule has 2 heterocycles. The summed E-state index contributed by atoms with van der Waals surface area (Å²) in [5, 5.41) is 9.82. The van der Waals surface area contributed by atoms with Gasteiger partial charge in [0.1, 0.15) is 40.1 Å². The van der Waals surface area contributed by atoms with E-state index in [4.69, 9.17) is 20.2 Å². The third-order valence-corrected chi connectivity index (χ3v) is 5.10. The van der Waals surface area contributed by atoms with Gasteiger partial charge in [0.25, 0.3) is 0 Å². The molecular formula is C23H24N4O3. The number of aliphatic hydroxyl groups is 1. The monoisotopic (exact) mass is 404 g/mol. The lowest BCUT2D eigenvalue weighted by atomic mass is 10.1. The van der Waals surface area contributed by atoms with Gasteiger partial charge >= 0.3 is 0 Å². The van der Waals surface area contributed by atoms with Crippen LogP contribution in [0.4, 0.5) is 5.82 Å². The van der Waals surface area contributed by atoms with Gasteiger partial charge in [0.2, 0.25) is 0 Å². The quantitative estimate of drug-likeness (QED) is 0.478. The number of fused-ring (bicyclic) bond motifs is 1. The van der Waals surface area contributed by atoms with Crippen LogP contribution in [0.3, 0.4) is 0 Å². The Bertz CT molecular complexity index is 1150. The fourth-order valence-electron chi connectivity index (χ4n) is 3.51. The first kappa shape index (κ1) is 19.7. The van der Waals surface area contributed by atoms with Gasteiger partial charge in [-0.05, 0) is 30.7 Å². The number of hydrogen-bond acceptors (Lipinski definition) is 6. The van der Waals surface area contributed by atoms with Crippen LogP contribution in [0.15, 0.2) is 60.9 Å². The molecule has 3 N–H and O–H groups in total. The number of nitrogens with zero attached hydrogens (tertiary/aromatic N) is 3. The van der Waals surface area contributed by atoms with E-state index in [1.807, 2.05) is 66.1 Å². The second-order valence-corrected chi connectivity index (χ2v) is 6.91. The number of hydrogen-bond donors (Lipinski definition) is 2. The zero-order chi connectivity index (χ0) is 21.1. The molecular weight excluding hydrogens is 380 g/mol. The van der Waals surface area contributed by atoms with Gasteiger partial charge < -0.3 is 20.3 Å². The van der Waals surface area contributed by atoms with Crippen LogP contribution in [0.25, 0.3) is 16.8 Å². The summed E-state index contributed by atoms with van der Waals surface area (Å²) in [5.74, 6) is 2.99. The highest BCUT2D eigenvalue weighted by Gasteiger charge is 2.23. The third kappa shape index (κ3) is 3.55. The summed E-state index contributed by atoms with van der Waals surface area (Å²) in [6, 6.07) is 15.1. The lowest BCUT2D eigenvalue weighted by molar-refractivity contribution is 0.257. The highest BCUT2D eigenvalue weighted by molar-refractivity contribution is 5.88. The van der Waals surface area contributed by atoms with E-state index in [0.29, 0.717) is 28.5 Å². The van der Waals surface area contributed by atoms with E-state index in [0.717, 1.165) is 23.6 Å². The predicted octanol–water partition coefficient (Wildman–Crippen LogP) is 4.27. The highest BCUT2D eigenvalue weighted by atomic mass is 16.5. The second-order valence-electron chi connectivity index (χ2n) is 6.91. The van der Waals surface area contributed by atoms with Gasteiger partial charge in [-0.25, -0.2) is 9.97 Å². The fraction of sp³-hybridized carbons (Fsp3) is 0.217. The van der Waals surface area contributed by atoms with Gasteiger partial charge in [-0.2, -0.15) is 0 Å². The van der Waals surface area contributed by atoms with E-state index >= 15 is 0 Å². The van der Waals surface area contributed by atoms with Crippen molar-refractivity contribution in [3.05, 3.63) is 66.7 Å². The van der Waals surface area contributed by atoms with E-state index in [2.05, 4.69) is 4.98 Å². The largest absolute Gasteiger partial charge is 0.496 e. The van der Waals surface area contributed by atoms with Gasteiger partial charge in [-0.1, -0.05) is 25.1 Å². The second kappa shape index (κ2) is 8.42. The lowest BCUT2D eigenvalue weighted by Crippen LogP contribution is -2.08. The van der Waals surface area contributed by atoms with Crippen molar-refractivity contribution in [3.8, 4) is 28.5 Å². The number of nitrogens with two attached hydrogens (primary N) is 1. The number of ether oxygens (including phenoxy) is 2. The highest BCUT2D eigenvalue weighted by Crippen LogP contribution is 2.38. The van der Waals surface area contributed by atoms with E-state index in [1.54, 1.807) is 13.3 Å². The van der Waals surface area contributed by atoms with Crippen molar-refractivity contribution in [2.45, 2.75) is 19.3 Å². The van der Waals surface area contributed by atoms with Crippen molar-refractivity contribution in [3.63, 3.8) is 0 Å². The Balaban J connectivity index is 1.84. The Kier molecular flexibility index (Phi) is 5.54. The summed E-state index contributed by atoms with van der Waals surface area (Å²) in [4.78, 5) is 9.08. The van der Waals surface area contributed by atoms with Crippen molar-refractivity contribution in [1.82, 2.24) is 14.4 Å². The minimum absolute atomic E-state index is 0.00172. The minimum Gasteiger partial charge on any atom is -0.496 e. The molecule has 0 radical (unpaired) electrons. The number of rotatable bonds is 7. The number of anilines is 1. The van der Waals surface area contributed by atoms with Crippen molar-refractivity contribution in [2.75, 3.05) is 19.5 Å². The molecule has 0 saturated carbocycles. The van der Waals surface area contributed by atoms with Crippen molar-refractivity contribution in [1.29, 1.82) is 0 Å². The molecule has 2 aromatic heterocycles. The maximum atomic E-state index is 9.82. The van der Waals surface area contributed by atoms with Crippen LogP contribution in [0, 0.1) is 0 Å². The number of benzene rings is 2. The van der Waals surface area contributed by atoms with Crippen LogP contribution in [-0.4, -0.2) is 33.2 Å². The summed E-state index contributed by atoms with van der Waals surface area (Å²) in [6.45, 7) is 2.01. The summed E-state index contributed by atoms with van der Waals surface area (Å²) in [7, 11) is 1.61. The van der Waals surface area contributed by atoms with E-state index in [9.17, 15) is 5.11 Å². The molecule has 7 heteroatoms. The molecule has 0 fully saturated rings. The molecule has 30 heavy (non-hydrogen) atoms. The minimum atomic E-state index is -0.111.